The lowest BCUT2D eigenvalue weighted by atomic mass is 10.1. The molecular weight excluding hydrogens is 528 g/mol. The molecule has 1 aliphatic heterocycles. The van der Waals surface area contributed by atoms with E-state index < -0.39 is 44.5 Å². The summed E-state index contributed by atoms with van der Waals surface area (Å²) in [5, 5.41) is 9.04. The first-order valence-electron chi connectivity index (χ1n) is 11.4. The average Bonchev–Trinajstić information content (AvgIpc) is 2.87. The predicted octanol–water partition coefficient (Wildman–Crippen LogP) is 5.54. The first-order valence-corrected chi connectivity index (χ1v) is 12.8. The molecule has 0 unspecified atom stereocenters. The maximum Gasteiger partial charge on any atom is 0.416 e. The molecule has 7 nitrogen and oxygen atoms in total. The van der Waals surface area contributed by atoms with Crippen molar-refractivity contribution in [2.45, 2.75) is 36.9 Å². The summed E-state index contributed by atoms with van der Waals surface area (Å²) in [5.74, 6) is -1.51. The van der Waals surface area contributed by atoms with Crippen molar-refractivity contribution in [3.8, 4) is 5.75 Å². The highest BCUT2D eigenvalue weighted by atomic mass is 32.2. The van der Waals surface area contributed by atoms with Crippen LogP contribution >= 0.6 is 0 Å². The summed E-state index contributed by atoms with van der Waals surface area (Å²) in [4.78, 5) is 14.5. The van der Waals surface area contributed by atoms with E-state index in [1.54, 1.807) is 13.0 Å². The van der Waals surface area contributed by atoms with Crippen LogP contribution in [0, 0.1) is 12.7 Å². The van der Waals surface area contributed by atoms with E-state index in [0.717, 1.165) is 22.5 Å². The molecule has 0 amide bonds. The van der Waals surface area contributed by atoms with Crippen molar-refractivity contribution >= 4 is 33.8 Å². The fraction of sp³-hybridized carbons (Fsp3) is 0.231. The van der Waals surface area contributed by atoms with Crippen LogP contribution in [0.3, 0.4) is 0 Å². The Kier molecular flexibility index (Phi) is 7.45. The Labute approximate surface area is 216 Å². The van der Waals surface area contributed by atoms with Gasteiger partial charge in [-0.15, -0.1) is 0 Å². The van der Waals surface area contributed by atoms with Crippen LogP contribution in [0.1, 0.15) is 35.2 Å². The number of fused-ring (bicyclic) bond motifs is 1. The highest BCUT2D eigenvalue weighted by Gasteiger charge is 2.37. The molecule has 2 heterocycles. The summed E-state index contributed by atoms with van der Waals surface area (Å²) in [7, 11) is -4.52. The Balaban J connectivity index is 1.76. The molecule has 0 bridgehead atoms. The van der Waals surface area contributed by atoms with Gasteiger partial charge in [-0.25, -0.2) is 12.8 Å². The van der Waals surface area contributed by atoms with E-state index in [1.807, 2.05) is 0 Å². The van der Waals surface area contributed by atoms with Crippen molar-refractivity contribution in [1.82, 2.24) is 4.98 Å². The fourth-order valence-electron chi connectivity index (χ4n) is 3.91. The van der Waals surface area contributed by atoms with Gasteiger partial charge in [-0.1, -0.05) is 18.2 Å². The van der Waals surface area contributed by atoms with Crippen LogP contribution in [0.4, 0.5) is 23.2 Å². The Morgan fingerprint density at radius 3 is 2.66 bits per heavy atom. The van der Waals surface area contributed by atoms with Crippen LogP contribution in [0.25, 0.3) is 12.2 Å². The van der Waals surface area contributed by atoms with Gasteiger partial charge >= 0.3 is 12.1 Å². The number of alkyl halides is 3. The van der Waals surface area contributed by atoms with Gasteiger partial charge in [-0.05, 0) is 66.9 Å². The van der Waals surface area contributed by atoms with Gasteiger partial charge in [0, 0.05) is 12.6 Å². The van der Waals surface area contributed by atoms with E-state index in [-0.39, 0.29) is 36.5 Å². The van der Waals surface area contributed by atoms with Crippen LogP contribution in [0.15, 0.2) is 59.6 Å². The lowest BCUT2D eigenvalue weighted by Gasteiger charge is -2.35. The van der Waals surface area contributed by atoms with Gasteiger partial charge in [0.05, 0.1) is 28.4 Å². The molecule has 200 valence electrons. The molecule has 1 atom stereocenters. The molecular formula is C26H22F4N2O5S. The number of hydrogen-bond acceptors (Lipinski definition) is 5. The van der Waals surface area contributed by atoms with Crippen LogP contribution in [0.5, 0.6) is 5.75 Å². The predicted molar refractivity (Wildman–Crippen MR) is 132 cm³/mol. The van der Waals surface area contributed by atoms with Gasteiger partial charge in [0.1, 0.15) is 11.9 Å². The largest absolute Gasteiger partial charge is 0.486 e. The summed E-state index contributed by atoms with van der Waals surface area (Å²) < 4.78 is 88.1. The third kappa shape index (κ3) is 5.80. The van der Waals surface area contributed by atoms with Crippen LogP contribution in [-0.2, 0) is 21.0 Å². The number of carboxylic acid groups (broad SMARTS) is 1. The van der Waals surface area contributed by atoms with Gasteiger partial charge in [0.15, 0.2) is 5.82 Å². The topological polar surface area (TPSA) is 96.8 Å². The number of hydrogen-bond donors (Lipinski definition) is 1. The zero-order valence-corrected chi connectivity index (χ0v) is 20.8. The van der Waals surface area contributed by atoms with Crippen molar-refractivity contribution in [3.05, 3.63) is 82.9 Å². The molecule has 0 saturated carbocycles. The average molecular weight is 551 g/mol. The number of pyridine rings is 1. The second-order valence-corrected chi connectivity index (χ2v) is 10.5. The number of sulfonamides is 1. The molecule has 0 saturated heterocycles. The Hall–Kier alpha value is -3.93. The number of benzene rings is 2. The number of carbonyl (C=O) groups is 1. The van der Waals surface area contributed by atoms with E-state index in [4.69, 9.17) is 9.84 Å². The summed E-state index contributed by atoms with van der Waals surface area (Å²) in [5.41, 5.74) is -0.165. The SMILES string of the molecule is Cc1ccnc(/C=C/c2ccc3c(c2)N(S(=O)(=O)c2cccc(C(F)(F)F)c2)C[C@H](CCC(=O)O)O3)c1F. The van der Waals surface area contributed by atoms with Crippen molar-refractivity contribution in [3.63, 3.8) is 0 Å². The maximum atomic E-state index is 14.3. The number of carboxylic acids is 1. The highest BCUT2D eigenvalue weighted by molar-refractivity contribution is 7.92. The minimum absolute atomic E-state index is 0.0245. The molecule has 1 N–H and O–H groups in total. The Morgan fingerprint density at radius 2 is 1.95 bits per heavy atom. The zero-order valence-electron chi connectivity index (χ0n) is 19.9. The van der Waals surface area contributed by atoms with Gasteiger partial charge in [0.25, 0.3) is 10.0 Å². The standard InChI is InChI=1S/C26H22F4N2O5S/c1-16-11-12-31-21(25(16)27)8-5-17-6-9-23-22(13-17)32(15-19(37-23)7-10-24(33)34)38(35,36)20-4-2-3-18(14-20)26(28,29)30/h2-6,8-9,11-14,19H,7,10,15H2,1H3,(H,33,34)/b8-5+/t19-/m0/s1. The minimum atomic E-state index is -4.75. The number of aromatic nitrogens is 1. The third-order valence-corrected chi connectivity index (χ3v) is 7.66. The number of rotatable bonds is 7. The van der Waals surface area contributed by atoms with E-state index in [0.29, 0.717) is 17.2 Å². The van der Waals surface area contributed by atoms with Gasteiger partial charge in [-0.3, -0.25) is 14.1 Å². The Bertz CT molecular complexity index is 1510. The third-order valence-electron chi connectivity index (χ3n) is 5.89. The van der Waals surface area contributed by atoms with Gasteiger partial charge in [0.2, 0.25) is 0 Å². The molecule has 0 aliphatic carbocycles. The van der Waals surface area contributed by atoms with Gasteiger partial charge in [-0.2, -0.15) is 13.2 Å². The molecule has 3 aromatic rings. The molecule has 38 heavy (non-hydrogen) atoms. The monoisotopic (exact) mass is 550 g/mol. The second kappa shape index (κ2) is 10.4. The normalized spacial score (nSPS) is 15.8. The van der Waals surface area contributed by atoms with E-state index in [2.05, 4.69) is 4.98 Å². The number of halogens is 4. The maximum absolute atomic E-state index is 14.3. The summed E-state index contributed by atoms with van der Waals surface area (Å²) in [6.07, 6.45) is -1.57. The van der Waals surface area contributed by atoms with E-state index in [1.165, 1.54) is 36.5 Å². The summed E-state index contributed by atoms with van der Waals surface area (Å²) in [6, 6.07) is 9.38. The number of anilines is 1. The van der Waals surface area contributed by atoms with E-state index >= 15 is 0 Å². The Morgan fingerprint density at radius 1 is 1.18 bits per heavy atom. The van der Waals surface area contributed by atoms with Crippen molar-refractivity contribution < 1.29 is 40.6 Å². The summed E-state index contributed by atoms with van der Waals surface area (Å²) >= 11 is 0. The molecule has 0 fully saturated rings. The van der Waals surface area contributed by atoms with E-state index in [9.17, 15) is 30.8 Å². The molecule has 1 aromatic heterocycles. The fourth-order valence-corrected chi connectivity index (χ4v) is 5.45. The van der Waals surface area contributed by atoms with Crippen molar-refractivity contribution in [2.75, 3.05) is 10.8 Å². The molecule has 12 heteroatoms. The lowest BCUT2D eigenvalue weighted by molar-refractivity contribution is -0.138. The second-order valence-electron chi connectivity index (χ2n) is 8.62. The lowest BCUT2D eigenvalue weighted by Crippen LogP contribution is -2.43. The molecule has 2 aromatic carbocycles. The number of ether oxygens (including phenoxy) is 1. The first kappa shape index (κ1) is 27.1. The van der Waals surface area contributed by atoms with Gasteiger partial charge < -0.3 is 9.84 Å². The summed E-state index contributed by atoms with van der Waals surface area (Å²) in [6.45, 7) is 1.27. The zero-order chi connectivity index (χ0) is 27.7. The minimum Gasteiger partial charge on any atom is -0.486 e. The van der Waals surface area contributed by atoms with Crippen molar-refractivity contribution in [2.24, 2.45) is 0 Å². The first-order chi connectivity index (χ1) is 17.9. The van der Waals surface area contributed by atoms with Crippen molar-refractivity contribution in [1.29, 1.82) is 0 Å². The molecule has 0 spiro atoms. The number of nitrogens with zero attached hydrogens (tertiary/aromatic N) is 2. The number of aliphatic carboxylic acids is 1. The highest BCUT2D eigenvalue weighted by Crippen LogP contribution is 2.40. The van der Waals surface area contributed by atoms with Crippen LogP contribution < -0.4 is 9.04 Å². The molecule has 0 radical (unpaired) electrons. The van der Waals surface area contributed by atoms with Crippen LogP contribution in [0.2, 0.25) is 0 Å². The quantitative estimate of drug-likeness (QED) is 0.388. The van der Waals surface area contributed by atoms with Crippen LogP contribution in [-0.4, -0.2) is 37.1 Å². The number of aryl methyl sites for hydroxylation is 1. The molecule has 1 aliphatic rings. The smallest absolute Gasteiger partial charge is 0.416 e. The molecule has 4 rings (SSSR count).